The van der Waals surface area contributed by atoms with Gasteiger partial charge in [-0.3, -0.25) is 9.20 Å². The molecular weight excluding hydrogens is 381 g/mol. The summed E-state index contributed by atoms with van der Waals surface area (Å²) in [5, 5.41) is 0. The number of benzene rings is 1. The Bertz CT molecular complexity index is 1140. The van der Waals surface area contributed by atoms with Crippen LogP contribution < -0.4 is 11.0 Å². The van der Waals surface area contributed by atoms with Crippen molar-refractivity contribution in [3.8, 4) is 0 Å². The number of esters is 1. The minimum Gasteiger partial charge on any atom is -0.457 e. The van der Waals surface area contributed by atoms with Crippen molar-refractivity contribution in [1.82, 2.24) is 4.40 Å². The van der Waals surface area contributed by atoms with Gasteiger partial charge in [0.2, 0.25) is 0 Å². The fourth-order valence-corrected chi connectivity index (χ4v) is 3.28. The van der Waals surface area contributed by atoms with E-state index < -0.39 is 29.8 Å². The van der Waals surface area contributed by atoms with Crippen molar-refractivity contribution in [1.29, 1.82) is 0 Å². The zero-order chi connectivity index (χ0) is 21.5. The van der Waals surface area contributed by atoms with Crippen LogP contribution in [0, 0.1) is 0 Å². The predicted octanol–water partition coefficient (Wildman–Crippen LogP) is 2.96. The molecule has 0 amide bonds. The number of rotatable bonds is 4. The Kier molecular flexibility index (Phi) is 5.04. The van der Waals surface area contributed by atoms with Crippen molar-refractivity contribution in [2.75, 3.05) is 0 Å². The van der Waals surface area contributed by atoms with E-state index in [1.807, 2.05) is 64.1 Å². The first kappa shape index (κ1) is 20.4. The van der Waals surface area contributed by atoms with E-state index in [0.717, 1.165) is 5.56 Å². The molecule has 4 rings (SSSR count). The molecule has 3 heterocycles. The van der Waals surface area contributed by atoms with Crippen LogP contribution in [-0.4, -0.2) is 28.7 Å². The standard InChI is InChI=1S/C23H24BNO5/c1-22(2)23(3,4)30-24(29-22)17-10-11-18-12-13-19(20(26)25(18)14-17)21(27)28-15-16-8-6-5-7-9-16/h5-14H,15H2,1-4H3. The highest BCUT2D eigenvalue weighted by Gasteiger charge is 2.51. The second-order valence-corrected chi connectivity index (χ2v) is 8.46. The molecule has 0 atom stereocenters. The van der Waals surface area contributed by atoms with Crippen LogP contribution in [0.25, 0.3) is 5.52 Å². The number of nitrogens with zero attached hydrogens (tertiary/aromatic N) is 1. The summed E-state index contributed by atoms with van der Waals surface area (Å²) in [6.45, 7) is 8.00. The smallest absolute Gasteiger partial charge is 0.457 e. The SMILES string of the molecule is CC1(C)OB(c2ccc3ccc(C(=O)OCc4ccccc4)c(=O)n3c2)OC1(C)C. The highest BCUT2D eigenvalue weighted by molar-refractivity contribution is 6.62. The van der Waals surface area contributed by atoms with Gasteiger partial charge in [0.1, 0.15) is 12.2 Å². The Morgan fingerprint density at radius 2 is 1.60 bits per heavy atom. The Morgan fingerprint density at radius 3 is 2.27 bits per heavy atom. The molecule has 1 aromatic carbocycles. The minimum absolute atomic E-state index is 0.0190. The first-order valence-electron chi connectivity index (χ1n) is 9.90. The van der Waals surface area contributed by atoms with Gasteiger partial charge in [-0.05, 0) is 56.9 Å². The Hall–Kier alpha value is -2.90. The lowest BCUT2D eigenvalue weighted by molar-refractivity contribution is 0.00578. The second kappa shape index (κ2) is 7.41. The minimum atomic E-state index is -0.653. The third kappa shape index (κ3) is 3.66. The molecule has 1 saturated heterocycles. The Labute approximate surface area is 175 Å². The molecule has 0 saturated carbocycles. The topological polar surface area (TPSA) is 66.2 Å². The quantitative estimate of drug-likeness (QED) is 0.493. The Balaban J connectivity index is 1.62. The average Bonchev–Trinajstić information content (AvgIpc) is 2.94. The molecule has 1 aliphatic rings. The number of hydrogen-bond donors (Lipinski definition) is 0. The van der Waals surface area contributed by atoms with E-state index in [0.29, 0.717) is 11.0 Å². The zero-order valence-electron chi connectivity index (χ0n) is 17.5. The Morgan fingerprint density at radius 1 is 0.967 bits per heavy atom. The third-order valence-corrected chi connectivity index (χ3v) is 5.83. The summed E-state index contributed by atoms with van der Waals surface area (Å²) in [7, 11) is -0.597. The summed E-state index contributed by atoms with van der Waals surface area (Å²) in [6, 6.07) is 16.2. The van der Waals surface area contributed by atoms with E-state index in [2.05, 4.69) is 0 Å². The van der Waals surface area contributed by atoms with Gasteiger partial charge in [-0.1, -0.05) is 36.4 Å². The highest BCUT2D eigenvalue weighted by atomic mass is 16.7. The third-order valence-electron chi connectivity index (χ3n) is 5.83. The maximum atomic E-state index is 13.0. The lowest BCUT2D eigenvalue weighted by Crippen LogP contribution is -2.41. The van der Waals surface area contributed by atoms with Gasteiger partial charge in [0.15, 0.2) is 0 Å². The number of aromatic nitrogens is 1. The molecule has 0 unspecified atom stereocenters. The van der Waals surface area contributed by atoms with E-state index in [4.69, 9.17) is 14.0 Å². The fourth-order valence-electron chi connectivity index (χ4n) is 3.28. The van der Waals surface area contributed by atoms with Crippen molar-refractivity contribution in [2.24, 2.45) is 0 Å². The summed E-state index contributed by atoms with van der Waals surface area (Å²) in [5.74, 6) is -0.653. The summed E-state index contributed by atoms with van der Waals surface area (Å²) >= 11 is 0. The van der Waals surface area contributed by atoms with Gasteiger partial charge in [-0.15, -0.1) is 0 Å². The predicted molar refractivity (Wildman–Crippen MR) is 115 cm³/mol. The van der Waals surface area contributed by atoms with Crippen molar-refractivity contribution >= 4 is 24.1 Å². The van der Waals surface area contributed by atoms with E-state index in [-0.39, 0.29) is 12.2 Å². The maximum absolute atomic E-state index is 13.0. The van der Waals surface area contributed by atoms with E-state index in [1.54, 1.807) is 18.3 Å². The van der Waals surface area contributed by atoms with E-state index in [1.165, 1.54) is 10.5 Å². The second-order valence-electron chi connectivity index (χ2n) is 8.46. The van der Waals surface area contributed by atoms with Crippen LogP contribution in [0.3, 0.4) is 0 Å². The van der Waals surface area contributed by atoms with Crippen molar-refractivity contribution in [3.05, 3.63) is 82.3 Å². The van der Waals surface area contributed by atoms with Gasteiger partial charge in [0.25, 0.3) is 5.56 Å². The highest BCUT2D eigenvalue weighted by Crippen LogP contribution is 2.36. The maximum Gasteiger partial charge on any atom is 0.496 e. The number of ether oxygens (including phenoxy) is 1. The number of fused-ring (bicyclic) bond motifs is 1. The van der Waals surface area contributed by atoms with Crippen LogP contribution in [0.2, 0.25) is 0 Å². The van der Waals surface area contributed by atoms with Crippen LogP contribution in [-0.2, 0) is 20.7 Å². The molecular formula is C23H24BNO5. The molecule has 30 heavy (non-hydrogen) atoms. The van der Waals surface area contributed by atoms with Gasteiger partial charge in [-0.25, -0.2) is 4.79 Å². The molecule has 0 aliphatic carbocycles. The van der Waals surface area contributed by atoms with Gasteiger partial charge < -0.3 is 14.0 Å². The molecule has 0 radical (unpaired) electrons. The first-order valence-corrected chi connectivity index (χ1v) is 9.90. The molecule has 6 nitrogen and oxygen atoms in total. The molecule has 0 bridgehead atoms. The van der Waals surface area contributed by atoms with Crippen LogP contribution in [0.4, 0.5) is 0 Å². The van der Waals surface area contributed by atoms with Gasteiger partial charge in [-0.2, -0.15) is 0 Å². The lowest BCUT2D eigenvalue weighted by Gasteiger charge is -2.32. The van der Waals surface area contributed by atoms with Crippen LogP contribution in [0.1, 0.15) is 43.6 Å². The largest absolute Gasteiger partial charge is 0.496 e. The summed E-state index contributed by atoms with van der Waals surface area (Å²) < 4.78 is 18.9. The molecule has 1 aliphatic heterocycles. The van der Waals surface area contributed by atoms with Gasteiger partial charge in [0, 0.05) is 11.7 Å². The molecule has 3 aromatic rings. The van der Waals surface area contributed by atoms with Crippen molar-refractivity contribution in [2.45, 2.75) is 45.5 Å². The lowest BCUT2D eigenvalue weighted by atomic mass is 9.80. The molecule has 0 spiro atoms. The molecule has 154 valence electrons. The molecule has 7 heteroatoms. The monoisotopic (exact) mass is 405 g/mol. The first-order chi connectivity index (χ1) is 14.2. The van der Waals surface area contributed by atoms with E-state index >= 15 is 0 Å². The number of carbonyl (C=O) groups excluding carboxylic acids is 1. The normalized spacial score (nSPS) is 17.3. The number of hydrogen-bond acceptors (Lipinski definition) is 5. The molecule has 1 fully saturated rings. The van der Waals surface area contributed by atoms with Crippen LogP contribution in [0.5, 0.6) is 0 Å². The number of carbonyl (C=O) groups is 1. The molecule has 2 aromatic heterocycles. The fraction of sp³-hybridized carbons (Fsp3) is 0.304. The molecule has 0 N–H and O–H groups in total. The zero-order valence-corrected chi connectivity index (χ0v) is 17.5. The van der Waals surface area contributed by atoms with Gasteiger partial charge >= 0.3 is 13.1 Å². The number of pyridine rings is 2. The summed E-state index contributed by atoms with van der Waals surface area (Å²) in [5.41, 5.74) is 0.799. The van der Waals surface area contributed by atoms with Gasteiger partial charge in [0.05, 0.1) is 11.2 Å². The van der Waals surface area contributed by atoms with Crippen molar-refractivity contribution in [3.63, 3.8) is 0 Å². The van der Waals surface area contributed by atoms with Crippen LogP contribution >= 0.6 is 0 Å². The van der Waals surface area contributed by atoms with Crippen LogP contribution in [0.15, 0.2) is 65.6 Å². The van der Waals surface area contributed by atoms with Crippen molar-refractivity contribution < 1.29 is 18.8 Å². The van der Waals surface area contributed by atoms with E-state index in [9.17, 15) is 9.59 Å². The average molecular weight is 405 g/mol. The summed E-state index contributed by atoms with van der Waals surface area (Å²) in [6.07, 6.45) is 1.66. The summed E-state index contributed by atoms with van der Waals surface area (Å²) in [4.78, 5) is 25.5.